The minimum atomic E-state index is -3.60. The zero-order valence-corrected chi connectivity index (χ0v) is 18.0. The van der Waals surface area contributed by atoms with Gasteiger partial charge in [0.05, 0.1) is 43.0 Å². The van der Waals surface area contributed by atoms with Crippen LogP contribution in [0.3, 0.4) is 0 Å². The summed E-state index contributed by atoms with van der Waals surface area (Å²) in [4.78, 5) is 16.2. The van der Waals surface area contributed by atoms with Crippen LogP contribution in [0.1, 0.15) is 19.8 Å². The second kappa shape index (κ2) is 11.5. The number of carbonyl (C=O) groups excluding carboxylic acids is 1. The highest BCUT2D eigenvalue weighted by atomic mass is 32.2. The van der Waals surface area contributed by atoms with Gasteiger partial charge in [0, 0.05) is 39.3 Å². The smallest absolute Gasteiger partial charge is 0.243 e. The summed E-state index contributed by atoms with van der Waals surface area (Å²) in [6.07, 6.45) is 0.427. The first-order valence-electron chi connectivity index (χ1n) is 9.89. The number of piperazine rings is 1. The van der Waals surface area contributed by atoms with Crippen molar-refractivity contribution < 1.29 is 17.9 Å². The highest BCUT2D eigenvalue weighted by Gasteiger charge is 2.29. The molecular formula is C20H27N5O4S. The van der Waals surface area contributed by atoms with Crippen LogP contribution in [0.15, 0.2) is 29.2 Å². The number of benzene rings is 1. The van der Waals surface area contributed by atoms with Gasteiger partial charge in [0.1, 0.15) is 5.75 Å². The number of hydrogen-bond acceptors (Lipinski definition) is 7. The SMILES string of the molecule is CCOc1ccc(S(=O)(=O)N2CCN(CC(=O)N(CCC#N)CCC#N)CC2)cc1. The Kier molecular flexibility index (Phi) is 9.06. The van der Waals surface area contributed by atoms with E-state index < -0.39 is 10.0 Å². The Morgan fingerprint density at radius 2 is 1.63 bits per heavy atom. The molecule has 0 spiro atoms. The van der Waals surface area contributed by atoms with Crippen molar-refractivity contribution in [2.75, 3.05) is 52.4 Å². The third-order valence-corrected chi connectivity index (χ3v) is 6.72. The quantitative estimate of drug-likeness (QED) is 0.541. The van der Waals surface area contributed by atoms with Crippen molar-refractivity contribution in [1.82, 2.24) is 14.1 Å². The van der Waals surface area contributed by atoms with Gasteiger partial charge in [-0.3, -0.25) is 9.69 Å². The van der Waals surface area contributed by atoms with Crippen molar-refractivity contribution in [3.63, 3.8) is 0 Å². The van der Waals surface area contributed by atoms with Gasteiger partial charge in [-0.15, -0.1) is 0 Å². The van der Waals surface area contributed by atoms with E-state index in [1.54, 1.807) is 24.3 Å². The average Bonchev–Trinajstić information content (AvgIpc) is 2.75. The minimum Gasteiger partial charge on any atom is -0.494 e. The number of rotatable bonds is 10. The Hall–Kier alpha value is -2.66. The lowest BCUT2D eigenvalue weighted by Gasteiger charge is -2.34. The number of hydrogen-bond donors (Lipinski definition) is 0. The van der Waals surface area contributed by atoms with E-state index in [-0.39, 0.29) is 30.2 Å². The lowest BCUT2D eigenvalue weighted by Crippen LogP contribution is -2.51. The molecule has 0 aromatic heterocycles. The molecule has 0 atom stereocenters. The summed E-state index contributed by atoms with van der Waals surface area (Å²) in [5.41, 5.74) is 0. The molecule has 1 amide bonds. The van der Waals surface area contributed by atoms with Crippen LogP contribution in [-0.4, -0.2) is 80.9 Å². The number of amides is 1. The maximum absolute atomic E-state index is 12.9. The summed E-state index contributed by atoms with van der Waals surface area (Å²) in [7, 11) is -3.60. The van der Waals surface area contributed by atoms with E-state index in [1.165, 1.54) is 9.21 Å². The summed E-state index contributed by atoms with van der Waals surface area (Å²) in [5.74, 6) is 0.473. The fraction of sp³-hybridized carbons (Fsp3) is 0.550. The zero-order valence-electron chi connectivity index (χ0n) is 17.2. The molecular weight excluding hydrogens is 406 g/mol. The van der Waals surface area contributed by atoms with Gasteiger partial charge in [0.15, 0.2) is 0 Å². The molecule has 1 aromatic carbocycles. The van der Waals surface area contributed by atoms with Crippen molar-refractivity contribution in [2.45, 2.75) is 24.7 Å². The van der Waals surface area contributed by atoms with Crippen LogP contribution in [0, 0.1) is 22.7 Å². The molecule has 1 fully saturated rings. The van der Waals surface area contributed by atoms with Crippen LogP contribution in [0.2, 0.25) is 0 Å². The normalized spacial score (nSPS) is 15.2. The third-order valence-electron chi connectivity index (χ3n) is 4.80. The van der Waals surface area contributed by atoms with Gasteiger partial charge in [0.2, 0.25) is 15.9 Å². The molecule has 0 unspecified atom stereocenters. The first kappa shape index (κ1) is 23.6. The second-order valence-electron chi connectivity index (χ2n) is 6.78. The summed E-state index contributed by atoms with van der Waals surface area (Å²) in [6.45, 7) is 4.56. The molecule has 1 heterocycles. The standard InChI is InChI=1S/C20H27N5O4S/c1-2-29-18-5-7-19(8-6-18)30(27,28)25-15-13-23(14-16-25)17-20(26)24(11-3-9-21)12-4-10-22/h5-8H,2-4,11-17H2,1H3. The largest absolute Gasteiger partial charge is 0.494 e. The van der Waals surface area contributed by atoms with Gasteiger partial charge in [0.25, 0.3) is 0 Å². The molecule has 0 radical (unpaired) electrons. The van der Waals surface area contributed by atoms with E-state index in [2.05, 4.69) is 0 Å². The molecule has 2 rings (SSSR count). The molecule has 10 heteroatoms. The molecule has 0 saturated carbocycles. The van der Waals surface area contributed by atoms with Gasteiger partial charge >= 0.3 is 0 Å². The molecule has 9 nitrogen and oxygen atoms in total. The van der Waals surface area contributed by atoms with E-state index in [0.717, 1.165) is 0 Å². The van der Waals surface area contributed by atoms with E-state index in [1.807, 2.05) is 24.0 Å². The van der Waals surface area contributed by atoms with Crippen LogP contribution in [-0.2, 0) is 14.8 Å². The van der Waals surface area contributed by atoms with Crippen LogP contribution >= 0.6 is 0 Å². The van der Waals surface area contributed by atoms with Crippen LogP contribution in [0.25, 0.3) is 0 Å². The summed E-state index contributed by atoms with van der Waals surface area (Å²) in [5, 5.41) is 17.5. The zero-order chi connectivity index (χ0) is 22.0. The lowest BCUT2D eigenvalue weighted by molar-refractivity contribution is -0.132. The van der Waals surface area contributed by atoms with E-state index in [9.17, 15) is 13.2 Å². The Balaban J connectivity index is 1.92. The van der Waals surface area contributed by atoms with Gasteiger partial charge < -0.3 is 9.64 Å². The Bertz CT molecular complexity index is 863. The fourth-order valence-electron chi connectivity index (χ4n) is 3.17. The van der Waals surface area contributed by atoms with Crippen LogP contribution < -0.4 is 4.74 Å². The number of ether oxygens (including phenoxy) is 1. The number of nitrogens with zero attached hydrogens (tertiary/aromatic N) is 5. The number of sulfonamides is 1. The topological polar surface area (TPSA) is 118 Å². The predicted molar refractivity (Wildman–Crippen MR) is 110 cm³/mol. The average molecular weight is 434 g/mol. The van der Waals surface area contributed by atoms with Crippen molar-refractivity contribution in [3.8, 4) is 17.9 Å². The van der Waals surface area contributed by atoms with Crippen LogP contribution in [0.4, 0.5) is 0 Å². The van der Waals surface area contributed by atoms with Crippen molar-refractivity contribution in [2.24, 2.45) is 0 Å². The Morgan fingerprint density at radius 3 is 2.13 bits per heavy atom. The molecule has 0 bridgehead atoms. The molecule has 0 N–H and O–H groups in total. The van der Waals surface area contributed by atoms with Gasteiger partial charge in [-0.25, -0.2) is 8.42 Å². The highest BCUT2D eigenvalue weighted by Crippen LogP contribution is 2.21. The predicted octanol–water partition coefficient (Wildman–Crippen LogP) is 1.05. The molecule has 1 aliphatic heterocycles. The van der Waals surface area contributed by atoms with E-state index in [4.69, 9.17) is 15.3 Å². The van der Waals surface area contributed by atoms with Gasteiger partial charge in [-0.05, 0) is 31.2 Å². The van der Waals surface area contributed by atoms with E-state index >= 15 is 0 Å². The molecule has 162 valence electrons. The summed E-state index contributed by atoms with van der Waals surface area (Å²) in [6, 6.07) is 10.4. The van der Waals surface area contributed by atoms with Gasteiger partial charge in [-0.2, -0.15) is 14.8 Å². The Labute approximate surface area is 178 Å². The van der Waals surface area contributed by atoms with Gasteiger partial charge in [-0.1, -0.05) is 0 Å². The molecule has 1 aromatic rings. The van der Waals surface area contributed by atoms with Crippen molar-refractivity contribution in [1.29, 1.82) is 10.5 Å². The van der Waals surface area contributed by atoms with Crippen molar-refractivity contribution >= 4 is 15.9 Å². The minimum absolute atomic E-state index is 0.147. The maximum Gasteiger partial charge on any atom is 0.243 e. The van der Waals surface area contributed by atoms with Crippen LogP contribution in [0.5, 0.6) is 5.75 Å². The maximum atomic E-state index is 12.9. The molecule has 1 aliphatic rings. The fourth-order valence-corrected chi connectivity index (χ4v) is 4.60. The summed E-state index contributed by atoms with van der Waals surface area (Å²) < 4.78 is 32.5. The Morgan fingerprint density at radius 1 is 1.07 bits per heavy atom. The molecule has 30 heavy (non-hydrogen) atoms. The van der Waals surface area contributed by atoms with Crippen molar-refractivity contribution in [3.05, 3.63) is 24.3 Å². The third kappa shape index (κ3) is 6.42. The monoisotopic (exact) mass is 433 g/mol. The lowest BCUT2D eigenvalue weighted by atomic mass is 10.3. The number of nitriles is 2. The number of carbonyl (C=O) groups is 1. The second-order valence-corrected chi connectivity index (χ2v) is 8.72. The molecule has 0 aliphatic carbocycles. The highest BCUT2D eigenvalue weighted by molar-refractivity contribution is 7.89. The first-order chi connectivity index (χ1) is 14.4. The summed E-state index contributed by atoms with van der Waals surface area (Å²) >= 11 is 0. The van der Waals surface area contributed by atoms with E-state index in [0.29, 0.717) is 51.6 Å². The first-order valence-corrected chi connectivity index (χ1v) is 11.3. The molecule has 1 saturated heterocycles.